The maximum atomic E-state index is 13.3. The van der Waals surface area contributed by atoms with Crippen LogP contribution in [0.15, 0.2) is 76.8 Å². The number of carbonyl (C=O) groups is 3. The van der Waals surface area contributed by atoms with Crippen LogP contribution in [0.2, 0.25) is 0 Å². The summed E-state index contributed by atoms with van der Waals surface area (Å²) in [7, 11) is 0. The number of barbiturate groups is 1. The van der Waals surface area contributed by atoms with Crippen LogP contribution in [0.5, 0.6) is 5.75 Å². The fourth-order valence-corrected chi connectivity index (χ4v) is 3.97. The lowest BCUT2D eigenvalue weighted by Crippen LogP contribution is -2.54. The Labute approximate surface area is 200 Å². The molecule has 1 aliphatic rings. The second-order valence-electron chi connectivity index (χ2n) is 7.70. The number of amides is 4. The van der Waals surface area contributed by atoms with E-state index in [0.717, 1.165) is 26.1 Å². The van der Waals surface area contributed by atoms with Gasteiger partial charge in [-0.05, 0) is 55.3 Å². The molecule has 33 heavy (non-hydrogen) atoms. The van der Waals surface area contributed by atoms with Gasteiger partial charge in [-0.25, -0.2) is 9.69 Å². The van der Waals surface area contributed by atoms with E-state index in [1.807, 2.05) is 62.4 Å². The second kappa shape index (κ2) is 9.42. The Kier molecular flexibility index (Phi) is 6.42. The minimum absolute atomic E-state index is 0.155. The first kappa shape index (κ1) is 22.5. The van der Waals surface area contributed by atoms with Gasteiger partial charge in [0.15, 0.2) is 0 Å². The van der Waals surface area contributed by atoms with E-state index in [9.17, 15) is 14.4 Å². The molecule has 1 N–H and O–H groups in total. The van der Waals surface area contributed by atoms with Crippen LogP contribution < -0.4 is 15.0 Å². The number of halogens is 1. The number of rotatable bonds is 5. The molecular weight excluding hydrogens is 484 g/mol. The minimum Gasteiger partial charge on any atom is -0.488 e. The summed E-state index contributed by atoms with van der Waals surface area (Å²) in [6.07, 6.45) is 1.45. The number of nitrogens with zero attached hydrogens (tertiary/aromatic N) is 1. The fraction of sp³-hybridized carbons (Fsp3) is 0.115. The van der Waals surface area contributed by atoms with E-state index < -0.39 is 17.8 Å². The largest absolute Gasteiger partial charge is 0.488 e. The quantitative estimate of drug-likeness (QED) is 0.377. The number of hydrogen-bond acceptors (Lipinski definition) is 4. The molecule has 0 atom stereocenters. The van der Waals surface area contributed by atoms with Crippen molar-refractivity contribution >= 4 is 45.5 Å². The van der Waals surface area contributed by atoms with Crippen LogP contribution in [0.3, 0.4) is 0 Å². The molecule has 0 radical (unpaired) electrons. The number of anilines is 1. The van der Waals surface area contributed by atoms with Crippen molar-refractivity contribution in [2.75, 3.05) is 4.90 Å². The molecule has 166 valence electrons. The smallest absolute Gasteiger partial charge is 0.335 e. The lowest BCUT2D eigenvalue weighted by molar-refractivity contribution is -0.122. The number of ether oxygens (including phenoxy) is 1. The molecule has 1 saturated heterocycles. The molecule has 3 aromatic rings. The van der Waals surface area contributed by atoms with Gasteiger partial charge in [-0.2, -0.15) is 0 Å². The number of hydrogen-bond donors (Lipinski definition) is 1. The molecule has 1 fully saturated rings. The maximum Gasteiger partial charge on any atom is 0.335 e. The highest BCUT2D eigenvalue weighted by Gasteiger charge is 2.37. The molecule has 0 aromatic heterocycles. The van der Waals surface area contributed by atoms with Crippen molar-refractivity contribution in [2.24, 2.45) is 0 Å². The van der Waals surface area contributed by atoms with Gasteiger partial charge in [0.05, 0.1) is 5.69 Å². The van der Waals surface area contributed by atoms with Crippen LogP contribution in [0.1, 0.15) is 22.3 Å². The molecule has 6 nitrogen and oxygen atoms in total. The van der Waals surface area contributed by atoms with Crippen LogP contribution in [-0.4, -0.2) is 17.8 Å². The summed E-state index contributed by atoms with van der Waals surface area (Å²) in [4.78, 5) is 39.4. The summed E-state index contributed by atoms with van der Waals surface area (Å²) in [6.45, 7) is 4.06. The summed E-state index contributed by atoms with van der Waals surface area (Å²) < 4.78 is 6.72. The Morgan fingerprint density at radius 2 is 1.73 bits per heavy atom. The first-order chi connectivity index (χ1) is 15.8. The summed E-state index contributed by atoms with van der Waals surface area (Å²) >= 11 is 3.43. The number of imide groups is 2. The van der Waals surface area contributed by atoms with E-state index >= 15 is 0 Å². The SMILES string of the molecule is Cc1ccc(N2C(=O)NC(=O)/C(=C\c3cc(Br)ccc3OCc3ccccc3)C2=O)c(C)c1. The van der Waals surface area contributed by atoms with Crippen LogP contribution >= 0.6 is 15.9 Å². The van der Waals surface area contributed by atoms with Gasteiger partial charge in [-0.3, -0.25) is 14.9 Å². The topological polar surface area (TPSA) is 75.7 Å². The molecule has 0 saturated carbocycles. The predicted octanol–water partition coefficient (Wildman–Crippen LogP) is 5.31. The normalized spacial score (nSPS) is 15.1. The molecule has 0 spiro atoms. The molecule has 4 rings (SSSR count). The van der Waals surface area contributed by atoms with Gasteiger partial charge in [0.2, 0.25) is 0 Å². The van der Waals surface area contributed by atoms with Gasteiger partial charge >= 0.3 is 6.03 Å². The number of aryl methyl sites for hydroxylation is 2. The van der Waals surface area contributed by atoms with Crippen LogP contribution in [0.25, 0.3) is 6.08 Å². The Balaban J connectivity index is 1.70. The van der Waals surface area contributed by atoms with Crippen molar-refractivity contribution < 1.29 is 19.1 Å². The monoisotopic (exact) mass is 504 g/mol. The Hall–Kier alpha value is -3.71. The molecule has 0 unspecified atom stereocenters. The second-order valence-corrected chi connectivity index (χ2v) is 8.62. The molecule has 3 aromatic carbocycles. The first-order valence-electron chi connectivity index (χ1n) is 10.3. The van der Waals surface area contributed by atoms with E-state index in [2.05, 4.69) is 21.2 Å². The lowest BCUT2D eigenvalue weighted by Gasteiger charge is -2.27. The Morgan fingerprint density at radius 1 is 0.970 bits per heavy atom. The van der Waals surface area contributed by atoms with Crippen molar-refractivity contribution in [3.63, 3.8) is 0 Å². The molecule has 0 aliphatic carbocycles. The van der Waals surface area contributed by atoms with Crippen molar-refractivity contribution in [1.29, 1.82) is 0 Å². The van der Waals surface area contributed by atoms with Crippen molar-refractivity contribution in [3.8, 4) is 5.75 Å². The summed E-state index contributed by atoms with van der Waals surface area (Å²) in [5, 5.41) is 2.27. The number of carbonyl (C=O) groups excluding carboxylic acids is 3. The maximum absolute atomic E-state index is 13.3. The van der Waals surface area contributed by atoms with Gasteiger partial charge in [0, 0.05) is 10.0 Å². The lowest BCUT2D eigenvalue weighted by atomic mass is 10.0. The molecule has 1 heterocycles. The molecule has 4 amide bonds. The fourth-order valence-electron chi connectivity index (χ4n) is 3.59. The van der Waals surface area contributed by atoms with Gasteiger partial charge in [0.25, 0.3) is 11.8 Å². The zero-order valence-corrected chi connectivity index (χ0v) is 19.7. The third kappa shape index (κ3) is 4.88. The summed E-state index contributed by atoms with van der Waals surface area (Å²) in [5.41, 5.74) is 3.54. The van der Waals surface area contributed by atoms with E-state index in [1.165, 1.54) is 6.08 Å². The van der Waals surface area contributed by atoms with Crippen molar-refractivity contribution in [1.82, 2.24) is 5.32 Å². The Morgan fingerprint density at radius 3 is 2.45 bits per heavy atom. The zero-order chi connectivity index (χ0) is 23.5. The summed E-state index contributed by atoms with van der Waals surface area (Å²) in [6, 6.07) is 19.6. The highest BCUT2D eigenvalue weighted by molar-refractivity contribution is 9.10. The average molecular weight is 505 g/mol. The van der Waals surface area contributed by atoms with Crippen LogP contribution in [-0.2, 0) is 16.2 Å². The number of benzene rings is 3. The molecular formula is C26H21BrN2O4. The zero-order valence-electron chi connectivity index (χ0n) is 18.1. The molecule has 0 bridgehead atoms. The standard InChI is InChI=1S/C26H21BrN2O4/c1-16-8-10-22(17(2)12-16)29-25(31)21(24(30)28-26(29)32)14-19-13-20(27)9-11-23(19)33-15-18-6-4-3-5-7-18/h3-14H,15H2,1-2H3,(H,28,30,32)/b21-14+. The number of nitrogens with one attached hydrogen (secondary N) is 1. The highest BCUT2D eigenvalue weighted by atomic mass is 79.9. The first-order valence-corrected chi connectivity index (χ1v) is 11.1. The van der Waals surface area contributed by atoms with Gasteiger partial charge in [-0.15, -0.1) is 0 Å². The highest BCUT2D eigenvalue weighted by Crippen LogP contribution is 2.30. The molecule has 7 heteroatoms. The third-order valence-electron chi connectivity index (χ3n) is 5.20. The van der Waals surface area contributed by atoms with E-state index in [-0.39, 0.29) is 5.57 Å². The molecule has 1 aliphatic heterocycles. The van der Waals surface area contributed by atoms with Gasteiger partial charge < -0.3 is 4.74 Å². The number of urea groups is 1. The predicted molar refractivity (Wildman–Crippen MR) is 130 cm³/mol. The third-order valence-corrected chi connectivity index (χ3v) is 5.70. The van der Waals surface area contributed by atoms with Crippen molar-refractivity contribution in [2.45, 2.75) is 20.5 Å². The van der Waals surface area contributed by atoms with E-state index in [4.69, 9.17) is 4.74 Å². The minimum atomic E-state index is -0.774. The van der Waals surface area contributed by atoms with Crippen molar-refractivity contribution in [3.05, 3.63) is 99.0 Å². The Bertz CT molecular complexity index is 1280. The van der Waals surface area contributed by atoms with E-state index in [1.54, 1.807) is 18.2 Å². The van der Waals surface area contributed by atoms with Gasteiger partial charge in [-0.1, -0.05) is 64.0 Å². The van der Waals surface area contributed by atoms with Gasteiger partial charge in [0.1, 0.15) is 17.9 Å². The average Bonchev–Trinajstić information content (AvgIpc) is 2.78. The van der Waals surface area contributed by atoms with Crippen LogP contribution in [0.4, 0.5) is 10.5 Å². The van der Waals surface area contributed by atoms with Crippen LogP contribution in [0, 0.1) is 13.8 Å². The summed E-state index contributed by atoms with van der Waals surface area (Å²) in [5.74, 6) is -0.935. The van der Waals surface area contributed by atoms with E-state index in [0.29, 0.717) is 23.6 Å².